The molecular formula is C30H47NO3. The van der Waals surface area contributed by atoms with Crippen LogP contribution in [0.15, 0.2) is 72.9 Å². The number of allylic oxidation sites excluding steroid dienone is 12. The standard InChI is InChI=1S/C30H47NO3/c1-5-6-7-8-9-10-11-12-13-14-15-16-17-18-19-20-21-22-23-24-29(32)31-27(4)28(30(33)34)25-26(2)3/h6-7,9-10,12-13,15-16,18-19,21-22,26-28H,5,8,11,14,17,20,23-25H2,1-4H3,(H,31,32)(H,33,34)/b7-6-,10-9-,13-12-,16-15-,19-18-,22-21-/t27-,28?/m0/s1. The third kappa shape index (κ3) is 20.0. The smallest absolute Gasteiger partial charge is 0.308 e. The van der Waals surface area contributed by atoms with Crippen molar-refractivity contribution in [3.63, 3.8) is 0 Å². The summed E-state index contributed by atoms with van der Waals surface area (Å²) < 4.78 is 0. The van der Waals surface area contributed by atoms with Crippen molar-refractivity contribution in [1.29, 1.82) is 0 Å². The van der Waals surface area contributed by atoms with Crippen LogP contribution >= 0.6 is 0 Å². The highest BCUT2D eigenvalue weighted by molar-refractivity contribution is 5.78. The molecule has 0 rings (SSSR count). The van der Waals surface area contributed by atoms with Crippen LogP contribution in [0.3, 0.4) is 0 Å². The third-order valence-corrected chi connectivity index (χ3v) is 5.17. The predicted octanol–water partition coefficient (Wildman–Crippen LogP) is 7.72. The Bertz CT molecular complexity index is 711. The Morgan fingerprint density at radius 2 is 1.12 bits per heavy atom. The summed E-state index contributed by atoms with van der Waals surface area (Å²) in [7, 11) is 0. The van der Waals surface area contributed by atoms with E-state index in [-0.39, 0.29) is 17.9 Å². The minimum atomic E-state index is -0.849. The van der Waals surface area contributed by atoms with Crippen LogP contribution in [0.25, 0.3) is 0 Å². The van der Waals surface area contributed by atoms with Crippen molar-refractivity contribution < 1.29 is 14.7 Å². The number of nitrogens with one attached hydrogen (secondary N) is 1. The van der Waals surface area contributed by atoms with Crippen LogP contribution in [0.1, 0.15) is 85.5 Å². The normalized spacial score (nSPS) is 14.6. The molecule has 0 saturated carbocycles. The largest absolute Gasteiger partial charge is 0.481 e. The summed E-state index contributed by atoms with van der Waals surface area (Å²) in [5.41, 5.74) is 0. The number of carboxylic acid groups (broad SMARTS) is 1. The molecule has 0 bridgehead atoms. The molecule has 4 nitrogen and oxygen atoms in total. The zero-order chi connectivity index (χ0) is 25.4. The molecule has 0 aromatic rings. The lowest BCUT2D eigenvalue weighted by atomic mass is 9.91. The minimum Gasteiger partial charge on any atom is -0.481 e. The molecule has 0 aliphatic heterocycles. The maximum absolute atomic E-state index is 12.1. The third-order valence-electron chi connectivity index (χ3n) is 5.17. The van der Waals surface area contributed by atoms with Crippen LogP contribution in [0.4, 0.5) is 0 Å². The molecule has 0 saturated heterocycles. The second-order valence-corrected chi connectivity index (χ2v) is 8.88. The van der Waals surface area contributed by atoms with E-state index in [0.717, 1.165) is 38.5 Å². The monoisotopic (exact) mass is 469 g/mol. The molecule has 4 heteroatoms. The summed E-state index contributed by atoms with van der Waals surface area (Å²) in [6, 6.07) is -0.363. The molecule has 0 spiro atoms. The van der Waals surface area contributed by atoms with Crippen molar-refractivity contribution in [2.24, 2.45) is 11.8 Å². The highest BCUT2D eigenvalue weighted by atomic mass is 16.4. The highest BCUT2D eigenvalue weighted by Crippen LogP contribution is 2.16. The van der Waals surface area contributed by atoms with Crippen LogP contribution in [-0.2, 0) is 9.59 Å². The summed E-state index contributed by atoms with van der Waals surface area (Å²) in [5, 5.41) is 12.2. The van der Waals surface area contributed by atoms with Gasteiger partial charge in [0.05, 0.1) is 5.92 Å². The van der Waals surface area contributed by atoms with Gasteiger partial charge in [0.25, 0.3) is 0 Å². The average molecular weight is 470 g/mol. The predicted molar refractivity (Wildman–Crippen MR) is 146 cm³/mol. The minimum absolute atomic E-state index is 0.0953. The van der Waals surface area contributed by atoms with E-state index in [2.05, 4.69) is 79.1 Å². The van der Waals surface area contributed by atoms with Gasteiger partial charge in [-0.05, 0) is 64.2 Å². The molecule has 1 amide bonds. The first-order valence-corrected chi connectivity index (χ1v) is 12.8. The lowest BCUT2D eigenvalue weighted by Gasteiger charge is -2.22. The molecule has 2 N–H and O–H groups in total. The number of carbonyl (C=O) groups is 2. The van der Waals surface area contributed by atoms with Gasteiger partial charge in [0.1, 0.15) is 0 Å². The van der Waals surface area contributed by atoms with Gasteiger partial charge in [-0.2, -0.15) is 0 Å². The summed E-state index contributed by atoms with van der Waals surface area (Å²) in [6.07, 6.45) is 33.3. The van der Waals surface area contributed by atoms with Crippen molar-refractivity contribution in [3.8, 4) is 0 Å². The number of aliphatic carboxylic acids is 1. The summed E-state index contributed by atoms with van der Waals surface area (Å²) in [5.74, 6) is -1.21. The summed E-state index contributed by atoms with van der Waals surface area (Å²) >= 11 is 0. The van der Waals surface area contributed by atoms with Gasteiger partial charge in [0.15, 0.2) is 0 Å². The number of hydrogen-bond donors (Lipinski definition) is 2. The van der Waals surface area contributed by atoms with Gasteiger partial charge in [-0.1, -0.05) is 93.7 Å². The second kappa shape index (κ2) is 22.2. The van der Waals surface area contributed by atoms with Gasteiger partial charge in [0, 0.05) is 12.5 Å². The van der Waals surface area contributed by atoms with E-state index in [1.54, 1.807) is 6.92 Å². The van der Waals surface area contributed by atoms with Gasteiger partial charge in [-0.15, -0.1) is 0 Å². The van der Waals surface area contributed by atoms with Crippen LogP contribution in [0.5, 0.6) is 0 Å². The van der Waals surface area contributed by atoms with E-state index < -0.39 is 11.9 Å². The van der Waals surface area contributed by atoms with Crippen LogP contribution in [-0.4, -0.2) is 23.0 Å². The first kappa shape index (κ1) is 31.4. The SMILES string of the molecule is CC/C=C\C/C=C\C/C=C\C/C=C\C/C=C\C/C=C\CCC(=O)N[C@@H](C)C(CC(C)C)C(=O)O. The van der Waals surface area contributed by atoms with Crippen LogP contribution in [0, 0.1) is 11.8 Å². The summed E-state index contributed by atoms with van der Waals surface area (Å²) in [6.45, 7) is 7.91. The fourth-order valence-corrected chi connectivity index (χ4v) is 3.31. The Morgan fingerprint density at radius 3 is 1.50 bits per heavy atom. The van der Waals surface area contributed by atoms with Gasteiger partial charge >= 0.3 is 5.97 Å². The van der Waals surface area contributed by atoms with E-state index in [0.29, 0.717) is 19.3 Å². The quantitative estimate of drug-likeness (QED) is 0.190. The Morgan fingerprint density at radius 1 is 0.706 bits per heavy atom. The molecule has 34 heavy (non-hydrogen) atoms. The van der Waals surface area contributed by atoms with Crippen molar-refractivity contribution in [2.75, 3.05) is 0 Å². The van der Waals surface area contributed by atoms with E-state index >= 15 is 0 Å². The summed E-state index contributed by atoms with van der Waals surface area (Å²) in [4.78, 5) is 23.5. The van der Waals surface area contributed by atoms with Crippen molar-refractivity contribution >= 4 is 11.9 Å². The number of hydrogen-bond acceptors (Lipinski definition) is 2. The molecule has 0 aliphatic carbocycles. The van der Waals surface area contributed by atoms with E-state index in [1.807, 2.05) is 19.9 Å². The molecule has 0 aromatic carbocycles. The number of amides is 1. The Kier molecular flexibility index (Phi) is 20.5. The second-order valence-electron chi connectivity index (χ2n) is 8.88. The molecule has 0 fully saturated rings. The zero-order valence-corrected chi connectivity index (χ0v) is 21.8. The van der Waals surface area contributed by atoms with Gasteiger partial charge in [0.2, 0.25) is 5.91 Å². The highest BCUT2D eigenvalue weighted by Gasteiger charge is 2.26. The van der Waals surface area contributed by atoms with Crippen LogP contribution < -0.4 is 5.32 Å². The lowest BCUT2D eigenvalue weighted by molar-refractivity contribution is -0.143. The molecule has 0 radical (unpaired) electrons. The Labute approximate surface area is 208 Å². The van der Waals surface area contributed by atoms with Gasteiger partial charge in [-0.3, -0.25) is 9.59 Å². The molecular weight excluding hydrogens is 422 g/mol. The molecule has 2 atom stereocenters. The molecule has 190 valence electrons. The van der Waals surface area contributed by atoms with Gasteiger partial charge in [-0.25, -0.2) is 0 Å². The Hall–Kier alpha value is -2.62. The molecule has 1 unspecified atom stereocenters. The zero-order valence-electron chi connectivity index (χ0n) is 21.8. The maximum atomic E-state index is 12.1. The van der Waals surface area contributed by atoms with Gasteiger partial charge < -0.3 is 10.4 Å². The van der Waals surface area contributed by atoms with Crippen LogP contribution in [0.2, 0.25) is 0 Å². The van der Waals surface area contributed by atoms with E-state index in [1.165, 1.54) is 0 Å². The Balaban J connectivity index is 3.88. The van der Waals surface area contributed by atoms with Crippen molar-refractivity contribution in [3.05, 3.63) is 72.9 Å². The van der Waals surface area contributed by atoms with Crippen molar-refractivity contribution in [2.45, 2.75) is 91.5 Å². The van der Waals surface area contributed by atoms with E-state index in [4.69, 9.17) is 0 Å². The van der Waals surface area contributed by atoms with E-state index in [9.17, 15) is 14.7 Å². The average Bonchev–Trinajstić information content (AvgIpc) is 2.78. The molecule has 0 aromatic heterocycles. The fourth-order valence-electron chi connectivity index (χ4n) is 3.31. The number of rotatable bonds is 19. The van der Waals surface area contributed by atoms with Crippen molar-refractivity contribution in [1.82, 2.24) is 5.32 Å². The molecule has 0 heterocycles. The maximum Gasteiger partial charge on any atom is 0.308 e. The number of carboxylic acids is 1. The fraction of sp³-hybridized carbons (Fsp3) is 0.533. The lowest BCUT2D eigenvalue weighted by Crippen LogP contribution is -2.41. The number of carbonyl (C=O) groups excluding carboxylic acids is 1. The molecule has 0 aliphatic rings. The first-order valence-electron chi connectivity index (χ1n) is 12.8. The first-order chi connectivity index (χ1) is 16.4. The topological polar surface area (TPSA) is 66.4 Å².